The zero-order valence-electron chi connectivity index (χ0n) is 13.3. The Labute approximate surface area is 134 Å². The Morgan fingerprint density at radius 2 is 1.83 bits per heavy atom. The van der Waals surface area contributed by atoms with Crippen LogP contribution in [-0.2, 0) is 4.79 Å². The van der Waals surface area contributed by atoms with Crippen LogP contribution in [0.3, 0.4) is 0 Å². The first-order chi connectivity index (χ1) is 8.06. The molecular formula is C15H23NaO2. The van der Waals surface area contributed by atoms with Crippen molar-refractivity contribution in [2.45, 2.75) is 53.4 Å². The van der Waals surface area contributed by atoms with Gasteiger partial charge < -0.3 is 6.16 Å². The predicted molar refractivity (Wildman–Crippen MR) is 71.5 cm³/mol. The molecule has 0 amide bonds. The standard InChI is InChI=1S/C15H22O2.Na.H/c1-5-6-7-8-15(16)17-14-10-9-11(2)12(3)13(14)4;;/h9-10H,5-8H2,1-4H3;;/q;+1;-1. The van der Waals surface area contributed by atoms with E-state index in [1.807, 2.05) is 19.1 Å². The van der Waals surface area contributed by atoms with Crippen molar-refractivity contribution < 1.29 is 40.5 Å². The SMILES string of the molecule is CCCCCC(=O)Oc1ccc(C)c(C)c1C.[H-].[Na+]. The maximum absolute atomic E-state index is 11.6. The Hall–Kier alpha value is -0.310. The molecule has 0 fully saturated rings. The molecule has 0 unspecified atom stereocenters. The summed E-state index contributed by atoms with van der Waals surface area (Å²) in [7, 11) is 0. The van der Waals surface area contributed by atoms with Crippen LogP contribution in [0.5, 0.6) is 5.75 Å². The summed E-state index contributed by atoms with van der Waals surface area (Å²) in [4.78, 5) is 11.6. The Balaban J connectivity index is 0. The van der Waals surface area contributed by atoms with Gasteiger partial charge in [0.05, 0.1) is 0 Å². The van der Waals surface area contributed by atoms with Gasteiger partial charge in [0.25, 0.3) is 0 Å². The van der Waals surface area contributed by atoms with E-state index < -0.39 is 0 Å². The first-order valence-corrected chi connectivity index (χ1v) is 6.33. The molecule has 0 aliphatic heterocycles. The predicted octanol–water partition coefficient (Wildman–Crippen LogP) is 1.21. The number of benzene rings is 1. The van der Waals surface area contributed by atoms with Crippen molar-refractivity contribution in [1.82, 2.24) is 0 Å². The van der Waals surface area contributed by atoms with Gasteiger partial charge in [0.1, 0.15) is 5.75 Å². The molecule has 0 aromatic heterocycles. The number of hydrogen-bond donors (Lipinski definition) is 0. The molecule has 2 nitrogen and oxygen atoms in total. The molecule has 0 saturated carbocycles. The minimum absolute atomic E-state index is 0. The average molecular weight is 258 g/mol. The first kappa shape index (κ1) is 17.7. The largest absolute Gasteiger partial charge is 1.00 e. The van der Waals surface area contributed by atoms with Crippen molar-refractivity contribution in [2.75, 3.05) is 0 Å². The number of ether oxygens (including phenoxy) is 1. The van der Waals surface area contributed by atoms with Crippen LogP contribution in [0.15, 0.2) is 12.1 Å². The zero-order valence-corrected chi connectivity index (χ0v) is 14.3. The number of aryl methyl sites for hydroxylation is 1. The second-order valence-electron chi connectivity index (χ2n) is 4.56. The summed E-state index contributed by atoms with van der Waals surface area (Å²) in [6, 6.07) is 3.88. The maximum Gasteiger partial charge on any atom is 1.00 e. The molecule has 1 aromatic carbocycles. The fourth-order valence-corrected chi connectivity index (χ4v) is 1.73. The van der Waals surface area contributed by atoms with E-state index in [4.69, 9.17) is 4.74 Å². The molecule has 0 atom stereocenters. The fraction of sp³-hybridized carbons (Fsp3) is 0.533. The minimum atomic E-state index is -0.121. The summed E-state index contributed by atoms with van der Waals surface area (Å²) >= 11 is 0. The van der Waals surface area contributed by atoms with Gasteiger partial charge in [0, 0.05) is 6.42 Å². The van der Waals surface area contributed by atoms with E-state index in [1.165, 1.54) is 11.1 Å². The first-order valence-electron chi connectivity index (χ1n) is 6.33. The Bertz CT molecular complexity index is 405. The number of carbonyl (C=O) groups is 1. The van der Waals surface area contributed by atoms with Crippen molar-refractivity contribution in [3.63, 3.8) is 0 Å². The van der Waals surface area contributed by atoms with Gasteiger partial charge in [0.2, 0.25) is 0 Å². The molecular weight excluding hydrogens is 235 g/mol. The zero-order chi connectivity index (χ0) is 12.8. The van der Waals surface area contributed by atoms with E-state index in [9.17, 15) is 4.79 Å². The molecule has 3 heteroatoms. The summed E-state index contributed by atoms with van der Waals surface area (Å²) in [5, 5.41) is 0. The molecule has 1 rings (SSSR count). The molecule has 0 radical (unpaired) electrons. The van der Waals surface area contributed by atoms with E-state index >= 15 is 0 Å². The van der Waals surface area contributed by atoms with Gasteiger partial charge in [-0.15, -0.1) is 0 Å². The van der Waals surface area contributed by atoms with Crippen LogP contribution in [0.4, 0.5) is 0 Å². The van der Waals surface area contributed by atoms with Gasteiger partial charge in [0.15, 0.2) is 0 Å². The molecule has 0 bridgehead atoms. The number of hydrogen-bond acceptors (Lipinski definition) is 2. The second kappa shape index (κ2) is 8.73. The molecule has 0 aliphatic carbocycles. The summed E-state index contributed by atoms with van der Waals surface area (Å²) in [5.41, 5.74) is 3.49. The molecule has 0 saturated heterocycles. The normalized spacial score (nSPS) is 9.78. The van der Waals surface area contributed by atoms with Crippen LogP contribution in [0.2, 0.25) is 0 Å². The van der Waals surface area contributed by atoms with E-state index in [0.717, 1.165) is 24.8 Å². The van der Waals surface area contributed by atoms with Crippen molar-refractivity contribution in [3.8, 4) is 5.75 Å². The van der Waals surface area contributed by atoms with Crippen LogP contribution < -0.4 is 34.3 Å². The van der Waals surface area contributed by atoms with Gasteiger partial charge in [-0.1, -0.05) is 25.8 Å². The third-order valence-electron chi connectivity index (χ3n) is 3.22. The van der Waals surface area contributed by atoms with Gasteiger partial charge in [-0.3, -0.25) is 4.79 Å². The molecule has 0 N–H and O–H groups in total. The van der Waals surface area contributed by atoms with Crippen LogP contribution >= 0.6 is 0 Å². The van der Waals surface area contributed by atoms with Crippen molar-refractivity contribution in [1.29, 1.82) is 0 Å². The maximum atomic E-state index is 11.6. The monoisotopic (exact) mass is 258 g/mol. The number of carbonyl (C=O) groups excluding carboxylic acids is 1. The number of esters is 1. The van der Waals surface area contributed by atoms with Crippen LogP contribution in [0, 0.1) is 20.8 Å². The molecule has 1 aromatic rings. The summed E-state index contributed by atoms with van der Waals surface area (Å²) in [6.07, 6.45) is 3.64. The van der Waals surface area contributed by atoms with Crippen molar-refractivity contribution in [3.05, 3.63) is 28.8 Å². The van der Waals surface area contributed by atoms with Gasteiger partial charge in [-0.05, 0) is 49.9 Å². The Kier molecular flexibility index (Phi) is 8.58. The molecule has 0 spiro atoms. The summed E-state index contributed by atoms with van der Waals surface area (Å²) < 4.78 is 5.39. The quantitative estimate of drug-likeness (QED) is 0.343. The summed E-state index contributed by atoms with van der Waals surface area (Å²) in [5.74, 6) is 0.583. The fourth-order valence-electron chi connectivity index (χ4n) is 1.73. The third kappa shape index (κ3) is 5.13. The van der Waals surface area contributed by atoms with Crippen molar-refractivity contribution >= 4 is 5.97 Å². The Morgan fingerprint density at radius 1 is 1.17 bits per heavy atom. The molecule has 0 heterocycles. The molecule has 0 aliphatic rings. The van der Waals surface area contributed by atoms with Crippen LogP contribution in [-0.4, -0.2) is 5.97 Å². The topological polar surface area (TPSA) is 26.3 Å². The molecule has 96 valence electrons. The average Bonchev–Trinajstić information content (AvgIpc) is 2.30. The number of rotatable bonds is 5. The second-order valence-corrected chi connectivity index (χ2v) is 4.56. The number of unbranched alkanes of at least 4 members (excludes halogenated alkanes) is 2. The Morgan fingerprint density at radius 3 is 2.44 bits per heavy atom. The third-order valence-corrected chi connectivity index (χ3v) is 3.22. The van der Waals surface area contributed by atoms with Gasteiger partial charge in [-0.2, -0.15) is 0 Å². The van der Waals surface area contributed by atoms with E-state index in [0.29, 0.717) is 12.2 Å². The van der Waals surface area contributed by atoms with Gasteiger partial charge in [-0.25, -0.2) is 0 Å². The van der Waals surface area contributed by atoms with E-state index in [-0.39, 0.29) is 37.0 Å². The van der Waals surface area contributed by atoms with Gasteiger partial charge >= 0.3 is 35.5 Å². The van der Waals surface area contributed by atoms with E-state index in [1.54, 1.807) is 0 Å². The van der Waals surface area contributed by atoms with Crippen LogP contribution in [0.1, 0.15) is 50.7 Å². The molecule has 18 heavy (non-hydrogen) atoms. The van der Waals surface area contributed by atoms with Crippen molar-refractivity contribution in [2.24, 2.45) is 0 Å². The summed E-state index contributed by atoms with van der Waals surface area (Å²) in [6.45, 7) is 8.24. The smallest absolute Gasteiger partial charge is 1.00 e. The minimum Gasteiger partial charge on any atom is -1.00 e. The van der Waals surface area contributed by atoms with E-state index in [2.05, 4.69) is 20.8 Å². The van der Waals surface area contributed by atoms with Crippen LogP contribution in [0.25, 0.3) is 0 Å².